The van der Waals surface area contributed by atoms with Crippen LogP contribution in [0.5, 0.6) is 11.5 Å². The lowest BCUT2D eigenvalue weighted by Crippen LogP contribution is -2.36. The summed E-state index contributed by atoms with van der Waals surface area (Å²) in [5.41, 5.74) is 1.67. The summed E-state index contributed by atoms with van der Waals surface area (Å²) in [6, 6.07) is 12.9. The molecule has 230 valence electrons. The molecule has 4 rings (SSSR count). The maximum atomic E-state index is 13.1. The average Bonchev–Trinajstić information content (AvgIpc) is 3.22. The molecule has 0 bridgehead atoms. The Kier molecular flexibility index (Phi) is 11.8. The Bertz CT molecular complexity index is 1670. The van der Waals surface area contributed by atoms with Crippen molar-refractivity contribution in [1.82, 2.24) is 4.90 Å². The topological polar surface area (TPSA) is 111 Å². The van der Waals surface area contributed by atoms with E-state index in [2.05, 4.69) is 27.9 Å². The summed E-state index contributed by atoms with van der Waals surface area (Å²) in [6.45, 7) is 3.65. The third-order valence-corrected chi connectivity index (χ3v) is 8.56. The molecule has 3 aromatic carbocycles. The molecule has 0 aromatic heterocycles. The van der Waals surface area contributed by atoms with Crippen molar-refractivity contribution in [3.8, 4) is 11.5 Å². The van der Waals surface area contributed by atoms with Crippen LogP contribution in [0.15, 0.2) is 53.4 Å². The number of anilines is 1. The molecule has 1 aliphatic rings. The van der Waals surface area contributed by atoms with Crippen LogP contribution < -0.4 is 14.8 Å². The predicted octanol–water partition coefficient (Wildman–Crippen LogP) is 8.08. The molecule has 0 spiro atoms. The summed E-state index contributed by atoms with van der Waals surface area (Å²) in [4.78, 5) is 51.7. The number of carbonyl (C=O) groups excluding carboxylic acids is 4. The van der Waals surface area contributed by atoms with Crippen molar-refractivity contribution in [1.29, 1.82) is 0 Å². The lowest BCUT2D eigenvalue weighted by molar-refractivity contribution is -0.127. The number of rotatable bonds is 11. The molecule has 1 aliphatic heterocycles. The summed E-state index contributed by atoms with van der Waals surface area (Å²) in [5.74, 6) is -0.962. The van der Waals surface area contributed by atoms with Crippen LogP contribution in [-0.2, 0) is 20.9 Å². The van der Waals surface area contributed by atoms with Crippen molar-refractivity contribution in [2.24, 2.45) is 0 Å². The smallest absolute Gasteiger partial charge is 0.339 e. The fourth-order valence-electron chi connectivity index (χ4n) is 3.96. The molecule has 1 fully saturated rings. The van der Waals surface area contributed by atoms with Gasteiger partial charge in [-0.1, -0.05) is 40.9 Å². The molecule has 3 aromatic rings. The SMILES string of the molecule is CCOC(=O)c1cc(NC(=O)CN2C(=O)S/C(=C/c3cc(I)c(OCc4ccc(Cl)cc4Cl)c(OCC)c3)C2=O)ccc1Cl. The van der Waals surface area contributed by atoms with Crippen molar-refractivity contribution in [3.63, 3.8) is 0 Å². The first kappa shape index (κ1) is 33.9. The quantitative estimate of drug-likeness (QED) is 0.118. The number of carbonyl (C=O) groups is 4. The van der Waals surface area contributed by atoms with Gasteiger partial charge < -0.3 is 19.5 Å². The summed E-state index contributed by atoms with van der Waals surface area (Å²) in [7, 11) is 0. The van der Waals surface area contributed by atoms with Gasteiger partial charge >= 0.3 is 5.97 Å². The molecule has 44 heavy (non-hydrogen) atoms. The number of benzene rings is 3. The van der Waals surface area contributed by atoms with E-state index in [9.17, 15) is 19.2 Å². The van der Waals surface area contributed by atoms with Crippen LogP contribution in [0, 0.1) is 3.57 Å². The van der Waals surface area contributed by atoms with E-state index in [1.165, 1.54) is 18.2 Å². The fraction of sp³-hybridized carbons (Fsp3) is 0.200. The monoisotopic (exact) mass is 788 g/mol. The Morgan fingerprint density at radius 1 is 0.977 bits per heavy atom. The zero-order valence-corrected chi connectivity index (χ0v) is 28.5. The third-order valence-electron chi connectivity index (χ3n) is 5.94. The van der Waals surface area contributed by atoms with E-state index in [1.807, 2.05) is 6.92 Å². The number of hydrogen-bond acceptors (Lipinski definition) is 8. The Balaban J connectivity index is 1.47. The first-order valence-corrected chi connectivity index (χ1v) is 16.1. The molecule has 0 atom stereocenters. The van der Waals surface area contributed by atoms with Gasteiger partial charge in [-0.2, -0.15) is 0 Å². The summed E-state index contributed by atoms with van der Waals surface area (Å²) in [6.07, 6.45) is 1.55. The highest BCUT2D eigenvalue weighted by molar-refractivity contribution is 14.1. The fourth-order valence-corrected chi connectivity index (χ4v) is 6.24. The number of nitrogens with one attached hydrogen (secondary N) is 1. The Labute approximate surface area is 286 Å². The second kappa shape index (κ2) is 15.3. The van der Waals surface area contributed by atoms with Crippen molar-refractivity contribution < 1.29 is 33.4 Å². The Morgan fingerprint density at radius 2 is 1.75 bits per heavy atom. The van der Waals surface area contributed by atoms with E-state index < -0.39 is 29.6 Å². The van der Waals surface area contributed by atoms with Gasteiger partial charge in [0.2, 0.25) is 5.91 Å². The predicted molar refractivity (Wildman–Crippen MR) is 180 cm³/mol. The average molecular weight is 790 g/mol. The summed E-state index contributed by atoms with van der Waals surface area (Å²) < 4.78 is 17.5. The van der Waals surface area contributed by atoms with Crippen LogP contribution in [-0.4, -0.2) is 47.7 Å². The maximum absolute atomic E-state index is 13.1. The Hall–Kier alpha value is -2.97. The minimum absolute atomic E-state index is 0.0756. The Morgan fingerprint density at radius 3 is 2.45 bits per heavy atom. The number of hydrogen-bond donors (Lipinski definition) is 1. The summed E-state index contributed by atoms with van der Waals surface area (Å²) in [5, 5.41) is 3.13. The second-order valence-corrected chi connectivity index (χ2v) is 12.4. The van der Waals surface area contributed by atoms with Gasteiger partial charge in [-0.05, 0) is 102 Å². The van der Waals surface area contributed by atoms with E-state index in [4.69, 9.17) is 49.0 Å². The van der Waals surface area contributed by atoms with Crippen LogP contribution in [0.1, 0.15) is 35.3 Å². The van der Waals surface area contributed by atoms with Crippen LogP contribution in [0.4, 0.5) is 10.5 Å². The van der Waals surface area contributed by atoms with Gasteiger partial charge in [-0.3, -0.25) is 19.3 Å². The number of nitrogens with zero attached hydrogens (tertiary/aromatic N) is 1. The van der Waals surface area contributed by atoms with Gasteiger partial charge in [0.05, 0.1) is 32.3 Å². The van der Waals surface area contributed by atoms with Gasteiger partial charge in [-0.15, -0.1) is 0 Å². The number of esters is 1. The largest absolute Gasteiger partial charge is 0.490 e. The lowest BCUT2D eigenvalue weighted by Gasteiger charge is -2.15. The first-order valence-electron chi connectivity index (χ1n) is 13.1. The molecule has 14 heteroatoms. The molecule has 1 saturated heterocycles. The molecule has 1 N–H and O–H groups in total. The maximum Gasteiger partial charge on any atom is 0.339 e. The number of halogens is 4. The zero-order chi connectivity index (χ0) is 32.0. The summed E-state index contributed by atoms with van der Waals surface area (Å²) >= 11 is 21.2. The highest BCUT2D eigenvalue weighted by Crippen LogP contribution is 2.38. The minimum atomic E-state index is -0.641. The molecule has 9 nitrogen and oxygen atoms in total. The molecule has 0 saturated carbocycles. The zero-order valence-electron chi connectivity index (χ0n) is 23.2. The first-order chi connectivity index (χ1) is 21.0. The van der Waals surface area contributed by atoms with Crippen LogP contribution in [0.25, 0.3) is 6.08 Å². The van der Waals surface area contributed by atoms with Crippen molar-refractivity contribution in [2.75, 3.05) is 25.1 Å². The van der Waals surface area contributed by atoms with Crippen LogP contribution >= 0.6 is 69.2 Å². The van der Waals surface area contributed by atoms with Gasteiger partial charge in [0.15, 0.2) is 11.5 Å². The van der Waals surface area contributed by atoms with Gasteiger partial charge in [0.1, 0.15) is 13.2 Å². The van der Waals surface area contributed by atoms with E-state index in [-0.39, 0.29) is 34.4 Å². The third kappa shape index (κ3) is 8.39. The van der Waals surface area contributed by atoms with E-state index in [0.29, 0.717) is 37.3 Å². The van der Waals surface area contributed by atoms with Crippen molar-refractivity contribution in [2.45, 2.75) is 20.5 Å². The van der Waals surface area contributed by atoms with E-state index in [0.717, 1.165) is 22.2 Å². The van der Waals surface area contributed by atoms with E-state index >= 15 is 0 Å². The number of thioether (sulfide) groups is 1. The number of imide groups is 1. The van der Waals surface area contributed by atoms with Crippen molar-refractivity contribution >= 4 is 104 Å². The van der Waals surface area contributed by atoms with E-state index in [1.54, 1.807) is 43.3 Å². The lowest BCUT2D eigenvalue weighted by atomic mass is 10.1. The normalized spacial score (nSPS) is 13.8. The number of amides is 3. The molecule has 3 amide bonds. The molecule has 0 aliphatic carbocycles. The van der Waals surface area contributed by atoms with Crippen LogP contribution in [0.3, 0.4) is 0 Å². The molecular weight excluding hydrogens is 766 g/mol. The van der Waals surface area contributed by atoms with Gasteiger partial charge in [-0.25, -0.2) is 4.79 Å². The molecule has 0 radical (unpaired) electrons. The molecular formula is C30H24Cl3IN2O7S. The molecule has 0 unspecified atom stereocenters. The minimum Gasteiger partial charge on any atom is -0.490 e. The number of ether oxygens (including phenoxy) is 3. The highest BCUT2D eigenvalue weighted by Gasteiger charge is 2.36. The molecule has 1 heterocycles. The van der Waals surface area contributed by atoms with Crippen LogP contribution in [0.2, 0.25) is 15.1 Å². The van der Waals surface area contributed by atoms with Gasteiger partial charge in [0, 0.05) is 21.3 Å². The van der Waals surface area contributed by atoms with Gasteiger partial charge in [0.25, 0.3) is 11.1 Å². The van der Waals surface area contributed by atoms with Crippen molar-refractivity contribution in [3.05, 3.63) is 88.8 Å². The standard InChI is InChI=1S/C30H24Cl3IN2O7S/c1-3-41-24-10-16(9-23(34)27(24)43-15-17-5-6-18(31)12-22(17)33)11-25-28(38)36(30(40)44-25)14-26(37)35-19-7-8-21(32)20(13-19)29(39)42-4-2/h5-13H,3-4,14-15H2,1-2H3,(H,35,37)/b25-11+. The highest BCUT2D eigenvalue weighted by atomic mass is 127. The second-order valence-electron chi connectivity index (χ2n) is 9.02.